The normalized spacial score (nSPS) is 20.3. The van der Waals surface area contributed by atoms with Crippen LogP contribution in [-0.4, -0.2) is 29.3 Å². The number of amides is 1. The molecule has 0 spiro atoms. The highest BCUT2D eigenvalue weighted by molar-refractivity contribution is 9.09. The first-order valence-electron chi connectivity index (χ1n) is 6.64. The van der Waals surface area contributed by atoms with Gasteiger partial charge in [0.1, 0.15) is 0 Å². The van der Waals surface area contributed by atoms with Gasteiger partial charge in [0.15, 0.2) is 5.75 Å². The molecule has 1 heterocycles. The van der Waals surface area contributed by atoms with Crippen LogP contribution in [0.2, 0.25) is 0 Å². The molecule has 21 heavy (non-hydrogen) atoms. The molecule has 7 heteroatoms. The Bertz CT molecular complexity index is 591. The van der Waals surface area contributed by atoms with E-state index in [9.17, 15) is 14.9 Å². The van der Waals surface area contributed by atoms with Gasteiger partial charge in [-0.15, -0.1) is 0 Å². The summed E-state index contributed by atoms with van der Waals surface area (Å²) in [4.78, 5) is 24.2. The van der Waals surface area contributed by atoms with Gasteiger partial charge in [-0.3, -0.25) is 14.9 Å². The maximum absolute atomic E-state index is 11.9. The molecule has 2 unspecified atom stereocenters. The number of methoxy groups -OCH3 is 1. The lowest BCUT2D eigenvalue weighted by atomic mass is 9.93. The van der Waals surface area contributed by atoms with Crippen LogP contribution >= 0.6 is 15.9 Å². The number of halogens is 1. The molecule has 1 aliphatic heterocycles. The molecule has 0 saturated heterocycles. The molecular formula is C14H17BrN2O4. The predicted octanol–water partition coefficient (Wildman–Crippen LogP) is 3.23. The largest absolute Gasteiger partial charge is 0.490 e. The predicted molar refractivity (Wildman–Crippen MR) is 83.4 cm³/mol. The third-order valence-electron chi connectivity index (χ3n) is 3.93. The number of hydrogen-bond donors (Lipinski definition) is 0. The Kier molecular flexibility index (Phi) is 4.51. The number of alkyl halides is 1. The maximum atomic E-state index is 11.9. The SMILES string of the molecule is COc1cc2c(cc1[N+](=O)[O-])N(C(C)=O)C(C)C2CCBr. The van der Waals surface area contributed by atoms with Crippen LogP contribution in [0.5, 0.6) is 5.75 Å². The highest BCUT2D eigenvalue weighted by Crippen LogP contribution is 2.47. The van der Waals surface area contributed by atoms with Crippen LogP contribution in [-0.2, 0) is 4.79 Å². The van der Waals surface area contributed by atoms with Crippen LogP contribution in [0.25, 0.3) is 0 Å². The zero-order valence-corrected chi connectivity index (χ0v) is 13.7. The number of rotatable bonds is 4. The highest BCUT2D eigenvalue weighted by Gasteiger charge is 2.39. The topological polar surface area (TPSA) is 72.7 Å². The summed E-state index contributed by atoms with van der Waals surface area (Å²) >= 11 is 3.43. The van der Waals surface area contributed by atoms with Crippen LogP contribution in [0.15, 0.2) is 12.1 Å². The number of hydrogen-bond acceptors (Lipinski definition) is 4. The smallest absolute Gasteiger partial charge is 0.313 e. The highest BCUT2D eigenvalue weighted by atomic mass is 79.9. The molecule has 1 aromatic carbocycles. The van der Waals surface area contributed by atoms with Crippen molar-refractivity contribution in [1.29, 1.82) is 0 Å². The molecule has 0 N–H and O–H groups in total. The minimum absolute atomic E-state index is 0.0261. The van der Waals surface area contributed by atoms with Crippen LogP contribution in [0.3, 0.4) is 0 Å². The molecule has 1 aliphatic rings. The van der Waals surface area contributed by atoms with Gasteiger partial charge < -0.3 is 9.64 Å². The summed E-state index contributed by atoms with van der Waals surface area (Å²) < 4.78 is 5.13. The van der Waals surface area contributed by atoms with Crippen molar-refractivity contribution in [2.45, 2.75) is 32.2 Å². The third kappa shape index (κ3) is 2.62. The molecule has 2 rings (SSSR count). The summed E-state index contributed by atoms with van der Waals surface area (Å²) in [5.74, 6) is 0.259. The van der Waals surface area contributed by atoms with E-state index in [2.05, 4.69) is 15.9 Å². The fraction of sp³-hybridized carbons (Fsp3) is 0.500. The maximum Gasteiger partial charge on any atom is 0.313 e. The van der Waals surface area contributed by atoms with Gasteiger partial charge in [-0.1, -0.05) is 15.9 Å². The Labute approximate surface area is 131 Å². The average molecular weight is 357 g/mol. The van der Waals surface area contributed by atoms with Crippen LogP contribution in [0.4, 0.5) is 11.4 Å². The fourth-order valence-electron chi connectivity index (χ4n) is 3.01. The fourth-order valence-corrected chi connectivity index (χ4v) is 3.51. The van der Waals surface area contributed by atoms with E-state index >= 15 is 0 Å². The first-order valence-corrected chi connectivity index (χ1v) is 7.76. The molecule has 0 aromatic heterocycles. The van der Waals surface area contributed by atoms with Gasteiger partial charge in [0.25, 0.3) is 0 Å². The molecule has 1 aromatic rings. The van der Waals surface area contributed by atoms with Crippen molar-refractivity contribution in [3.8, 4) is 5.75 Å². The lowest BCUT2D eigenvalue weighted by molar-refractivity contribution is -0.385. The second kappa shape index (κ2) is 6.01. The minimum Gasteiger partial charge on any atom is -0.490 e. The van der Waals surface area contributed by atoms with Gasteiger partial charge in [0.2, 0.25) is 5.91 Å². The van der Waals surface area contributed by atoms with E-state index in [1.165, 1.54) is 20.1 Å². The number of carbonyl (C=O) groups is 1. The van der Waals surface area contributed by atoms with E-state index in [0.717, 1.165) is 17.3 Å². The van der Waals surface area contributed by atoms with Crippen LogP contribution < -0.4 is 9.64 Å². The molecule has 114 valence electrons. The molecule has 2 atom stereocenters. The second-order valence-electron chi connectivity index (χ2n) is 5.05. The molecule has 0 bridgehead atoms. The molecular weight excluding hydrogens is 340 g/mol. The summed E-state index contributed by atoms with van der Waals surface area (Å²) in [6.45, 7) is 3.44. The lowest BCUT2D eigenvalue weighted by Crippen LogP contribution is -2.35. The molecule has 1 amide bonds. The van der Waals surface area contributed by atoms with Crippen molar-refractivity contribution in [3.63, 3.8) is 0 Å². The van der Waals surface area contributed by atoms with E-state index in [1.807, 2.05) is 6.92 Å². The van der Waals surface area contributed by atoms with Crippen molar-refractivity contribution in [1.82, 2.24) is 0 Å². The van der Waals surface area contributed by atoms with Crippen molar-refractivity contribution < 1.29 is 14.5 Å². The Morgan fingerprint density at radius 2 is 2.19 bits per heavy atom. The summed E-state index contributed by atoms with van der Waals surface area (Å²) in [5, 5.41) is 12.0. The number of nitro groups is 1. The Morgan fingerprint density at radius 1 is 1.52 bits per heavy atom. The van der Waals surface area contributed by atoms with Gasteiger partial charge >= 0.3 is 5.69 Å². The van der Waals surface area contributed by atoms with Crippen LogP contribution in [0.1, 0.15) is 31.7 Å². The van der Waals surface area contributed by atoms with Gasteiger partial charge in [-0.25, -0.2) is 0 Å². The molecule has 6 nitrogen and oxygen atoms in total. The second-order valence-corrected chi connectivity index (χ2v) is 5.85. The molecule has 0 radical (unpaired) electrons. The van der Waals surface area contributed by atoms with Crippen molar-refractivity contribution in [2.24, 2.45) is 0 Å². The standard InChI is InChI=1S/C14H17BrN2O4/c1-8-10(4-5-15)11-6-14(21-3)13(17(19)20)7-12(11)16(8)9(2)18/h6-8,10H,4-5H2,1-3H3. The van der Waals surface area contributed by atoms with Gasteiger partial charge in [-0.2, -0.15) is 0 Å². The number of nitrogens with zero attached hydrogens (tertiary/aromatic N) is 2. The number of ether oxygens (including phenoxy) is 1. The van der Waals surface area contributed by atoms with Gasteiger partial charge in [0, 0.05) is 30.3 Å². The van der Waals surface area contributed by atoms with Gasteiger partial charge in [0.05, 0.1) is 17.7 Å². The van der Waals surface area contributed by atoms with E-state index in [1.54, 1.807) is 11.0 Å². The Balaban J connectivity index is 2.63. The van der Waals surface area contributed by atoms with E-state index in [-0.39, 0.29) is 29.3 Å². The number of carbonyl (C=O) groups excluding carboxylic acids is 1. The third-order valence-corrected chi connectivity index (χ3v) is 4.39. The van der Waals surface area contributed by atoms with Crippen molar-refractivity contribution >= 4 is 33.2 Å². The first-order chi connectivity index (χ1) is 9.92. The quantitative estimate of drug-likeness (QED) is 0.471. The summed E-state index contributed by atoms with van der Waals surface area (Å²) in [6, 6.07) is 3.11. The first kappa shape index (κ1) is 15.8. The summed E-state index contributed by atoms with van der Waals surface area (Å²) in [7, 11) is 1.41. The molecule has 0 fully saturated rings. The van der Waals surface area contributed by atoms with Crippen molar-refractivity contribution in [3.05, 3.63) is 27.8 Å². The van der Waals surface area contributed by atoms with Crippen LogP contribution in [0, 0.1) is 10.1 Å². The molecule has 0 saturated carbocycles. The number of anilines is 1. The number of benzene rings is 1. The zero-order valence-electron chi connectivity index (χ0n) is 12.1. The molecule has 0 aliphatic carbocycles. The minimum atomic E-state index is -0.486. The van der Waals surface area contributed by atoms with E-state index in [4.69, 9.17) is 4.74 Å². The summed E-state index contributed by atoms with van der Waals surface area (Å²) in [5.41, 5.74) is 1.43. The van der Waals surface area contributed by atoms with E-state index in [0.29, 0.717) is 5.69 Å². The zero-order chi connectivity index (χ0) is 15.7. The number of fused-ring (bicyclic) bond motifs is 1. The van der Waals surface area contributed by atoms with Gasteiger partial charge in [-0.05, 0) is 25.0 Å². The monoisotopic (exact) mass is 356 g/mol. The lowest BCUT2D eigenvalue weighted by Gasteiger charge is -2.23. The Morgan fingerprint density at radius 3 is 2.67 bits per heavy atom. The average Bonchev–Trinajstić information content (AvgIpc) is 2.70. The van der Waals surface area contributed by atoms with E-state index < -0.39 is 4.92 Å². The summed E-state index contributed by atoms with van der Waals surface area (Å²) in [6.07, 6.45) is 0.846. The number of nitro benzene ring substituents is 1. The Hall–Kier alpha value is -1.63. The van der Waals surface area contributed by atoms with Crippen molar-refractivity contribution in [2.75, 3.05) is 17.3 Å².